The number of hydrogen-bond acceptors (Lipinski definition) is 3. The minimum Gasteiger partial charge on any atom is -0.481 e. The molecule has 0 saturated carbocycles. The van der Waals surface area contributed by atoms with Crippen LogP contribution in [0.1, 0.15) is 30.2 Å². The number of rotatable bonds is 6. The third-order valence-electron chi connectivity index (χ3n) is 2.83. The van der Waals surface area contributed by atoms with Crippen molar-refractivity contribution in [3.05, 3.63) is 60.1 Å². The minimum atomic E-state index is -0.991. The number of nitrogens with one attached hydrogen (secondary N) is 1. The van der Waals surface area contributed by atoms with Crippen LogP contribution >= 0.6 is 0 Å². The highest BCUT2D eigenvalue weighted by atomic mass is 16.4. The Morgan fingerprint density at radius 2 is 1.85 bits per heavy atom. The van der Waals surface area contributed by atoms with Gasteiger partial charge in [-0.2, -0.15) is 0 Å². The van der Waals surface area contributed by atoms with Gasteiger partial charge in [0.2, 0.25) is 5.91 Å². The number of benzene rings is 1. The van der Waals surface area contributed by atoms with E-state index < -0.39 is 12.0 Å². The Bertz CT molecular complexity index is 563. The molecular formula is C15H15NO4. The second-order valence-electron chi connectivity index (χ2n) is 4.32. The number of hydrogen-bond donors (Lipinski definition) is 2. The van der Waals surface area contributed by atoms with Gasteiger partial charge in [0.15, 0.2) is 0 Å². The van der Waals surface area contributed by atoms with Gasteiger partial charge < -0.3 is 14.8 Å². The summed E-state index contributed by atoms with van der Waals surface area (Å²) in [6.45, 7) is 0. The highest BCUT2D eigenvalue weighted by Crippen LogP contribution is 2.22. The fourth-order valence-corrected chi connectivity index (χ4v) is 1.87. The Morgan fingerprint density at radius 1 is 1.10 bits per heavy atom. The Hall–Kier alpha value is -2.56. The topological polar surface area (TPSA) is 79.5 Å². The molecule has 5 heteroatoms. The van der Waals surface area contributed by atoms with Crippen molar-refractivity contribution in [3.63, 3.8) is 0 Å². The monoisotopic (exact) mass is 273 g/mol. The lowest BCUT2D eigenvalue weighted by atomic mass is 10.0. The molecule has 0 spiro atoms. The first kappa shape index (κ1) is 13.9. The van der Waals surface area contributed by atoms with Crippen LogP contribution in [0.15, 0.2) is 53.1 Å². The molecule has 2 rings (SSSR count). The fraction of sp³-hybridized carbons (Fsp3) is 0.200. The van der Waals surface area contributed by atoms with Crippen molar-refractivity contribution >= 4 is 11.9 Å². The summed E-state index contributed by atoms with van der Waals surface area (Å²) in [7, 11) is 0. The molecule has 5 nitrogen and oxygen atoms in total. The molecule has 1 aromatic carbocycles. The zero-order chi connectivity index (χ0) is 14.4. The number of carbonyl (C=O) groups excluding carboxylic acids is 1. The quantitative estimate of drug-likeness (QED) is 0.846. The third kappa shape index (κ3) is 3.71. The molecular weight excluding hydrogens is 258 g/mol. The van der Waals surface area contributed by atoms with Gasteiger partial charge in [0, 0.05) is 6.42 Å². The molecule has 0 bridgehead atoms. The fourth-order valence-electron chi connectivity index (χ4n) is 1.87. The van der Waals surface area contributed by atoms with Crippen molar-refractivity contribution in [2.24, 2.45) is 0 Å². The normalized spacial score (nSPS) is 11.8. The summed E-state index contributed by atoms with van der Waals surface area (Å²) in [5, 5.41) is 11.4. The smallest absolute Gasteiger partial charge is 0.303 e. The zero-order valence-corrected chi connectivity index (χ0v) is 10.8. The summed E-state index contributed by atoms with van der Waals surface area (Å²) < 4.78 is 5.35. The van der Waals surface area contributed by atoms with Crippen molar-refractivity contribution in [3.8, 4) is 0 Å². The number of aliphatic carboxylic acids is 1. The number of carboxylic acids is 1. The number of carboxylic acid groups (broad SMARTS) is 1. The van der Waals surface area contributed by atoms with Crippen LogP contribution in [-0.4, -0.2) is 17.0 Å². The van der Waals surface area contributed by atoms with Crippen molar-refractivity contribution in [2.45, 2.75) is 18.9 Å². The first-order valence-corrected chi connectivity index (χ1v) is 6.26. The molecule has 1 amide bonds. The summed E-state index contributed by atoms with van der Waals surface area (Å²) in [5.74, 6) is -0.702. The van der Waals surface area contributed by atoms with Gasteiger partial charge in [0.1, 0.15) is 11.8 Å². The number of furan rings is 1. The van der Waals surface area contributed by atoms with Crippen LogP contribution in [0.2, 0.25) is 0 Å². The maximum atomic E-state index is 11.8. The van der Waals surface area contributed by atoms with E-state index in [0.717, 1.165) is 5.56 Å². The Balaban J connectivity index is 2.12. The summed E-state index contributed by atoms with van der Waals surface area (Å²) in [6.07, 6.45) is 1.29. The van der Waals surface area contributed by atoms with Gasteiger partial charge in [-0.05, 0) is 17.7 Å². The largest absolute Gasteiger partial charge is 0.481 e. The van der Waals surface area contributed by atoms with E-state index >= 15 is 0 Å². The maximum absolute atomic E-state index is 11.8. The molecule has 1 unspecified atom stereocenters. The van der Waals surface area contributed by atoms with Gasteiger partial charge in [-0.25, -0.2) is 0 Å². The number of amides is 1. The van der Waals surface area contributed by atoms with Gasteiger partial charge in [-0.15, -0.1) is 0 Å². The standard InChI is InChI=1S/C15H15NO4/c17-13(8-9-14(18)19)16-15(12-7-4-10-20-12)11-5-2-1-3-6-11/h1-7,10,15H,8-9H2,(H,16,17)(H,18,19). The van der Waals surface area contributed by atoms with Crippen LogP contribution in [0.5, 0.6) is 0 Å². The molecule has 0 aliphatic heterocycles. The van der Waals surface area contributed by atoms with Crippen LogP contribution < -0.4 is 5.32 Å². The predicted molar refractivity (Wildman–Crippen MR) is 72.0 cm³/mol. The minimum absolute atomic E-state index is 0.0562. The molecule has 104 valence electrons. The highest BCUT2D eigenvalue weighted by Gasteiger charge is 2.19. The molecule has 1 heterocycles. The first-order valence-electron chi connectivity index (χ1n) is 6.26. The van der Waals surface area contributed by atoms with Gasteiger partial charge in [0.25, 0.3) is 0 Å². The predicted octanol–water partition coefficient (Wildman–Crippen LogP) is 2.35. The molecule has 1 atom stereocenters. The van der Waals surface area contributed by atoms with E-state index in [9.17, 15) is 9.59 Å². The Morgan fingerprint density at radius 3 is 2.45 bits per heavy atom. The van der Waals surface area contributed by atoms with E-state index in [0.29, 0.717) is 5.76 Å². The molecule has 0 fully saturated rings. The van der Waals surface area contributed by atoms with E-state index in [-0.39, 0.29) is 18.7 Å². The Labute approximate surface area is 116 Å². The van der Waals surface area contributed by atoms with E-state index in [1.165, 1.54) is 6.26 Å². The van der Waals surface area contributed by atoms with E-state index in [1.54, 1.807) is 12.1 Å². The summed E-state index contributed by atoms with van der Waals surface area (Å²) in [6, 6.07) is 12.5. The van der Waals surface area contributed by atoms with Crippen molar-refractivity contribution < 1.29 is 19.1 Å². The van der Waals surface area contributed by atoms with Crippen molar-refractivity contribution in [1.82, 2.24) is 5.32 Å². The van der Waals surface area contributed by atoms with E-state index in [4.69, 9.17) is 9.52 Å². The molecule has 2 N–H and O–H groups in total. The van der Waals surface area contributed by atoms with Crippen LogP contribution in [0, 0.1) is 0 Å². The highest BCUT2D eigenvalue weighted by molar-refractivity contribution is 5.81. The summed E-state index contributed by atoms with van der Waals surface area (Å²) in [5.41, 5.74) is 0.881. The summed E-state index contributed by atoms with van der Waals surface area (Å²) >= 11 is 0. The second kappa shape index (κ2) is 6.56. The van der Waals surface area contributed by atoms with E-state index in [1.807, 2.05) is 30.3 Å². The second-order valence-corrected chi connectivity index (χ2v) is 4.32. The van der Waals surface area contributed by atoms with Gasteiger partial charge in [-0.1, -0.05) is 30.3 Å². The maximum Gasteiger partial charge on any atom is 0.303 e. The number of carbonyl (C=O) groups is 2. The van der Waals surface area contributed by atoms with Crippen LogP contribution in [0.25, 0.3) is 0 Å². The lowest BCUT2D eigenvalue weighted by Gasteiger charge is -2.17. The average Bonchev–Trinajstić information content (AvgIpc) is 2.97. The lowest BCUT2D eigenvalue weighted by Crippen LogP contribution is -2.29. The van der Waals surface area contributed by atoms with Crippen LogP contribution in [-0.2, 0) is 9.59 Å². The molecule has 0 radical (unpaired) electrons. The molecule has 2 aromatic rings. The first-order chi connectivity index (χ1) is 9.66. The molecule has 0 aliphatic carbocycles. The SMILES string of the molecule is O=C(O)CCC(=O)NC(c1ccccc1)c1ccco1. The average molecular weight is 273 g/mol. The van der Waals surface area contributed by atoms with E-state index in [2.05, 4.69) is 5.32 Å². The van der Waals surface area contributed by atoms with Crippen LogP contribution in [0.4, 0.5) is 0 Å². The Kier molecular flexibility index (Phi) is 4.55. The van der Waals surface area contributed by atoms with Crippen molar-refractivity contribution in [2.75, 3.05) is 0 Å². The summed E-state index contributed by atoms with van der Waals surface area (Å²) in [4.78, 5) is 22.3. The third-order valence-corrected chi connectivity index (χ3v) is 2.83. The molecule has 0 saturated heterocycles. The lowest BCUT2D eigenvalue weighted by molar-refractivity contribution is -0.138. The molecule has 20 heavy (non-hydrogen) atoms. The van der Waals surface area contributed by atoms with Crippen LogP contribution in [0.3, 0.4) is 0 Å². The van der Waals surface area contributed by atoms with Crippen molar-refractivity contribution in [1.29, 1.82) is 0 Å². The zero-order valence-electron chi connectivity index (χ0n) is 10.8. The van der Waals surface area contributed by atoms with Gasteiger partial charge in [-0.3, -0.25) is 9.59 Å². The molecule has 0 aliphatic rings. The van der Waals surface area contributed by atoms with Gasteiger partial charge >= 0.3 is 5.97 Å². The van der Waals surface area contributed by atoms with Gasteiger partial charge in [0.05, 0.1) is 12.7 Å². The molecule has 1 aromatic heterocycles.